The number of aryl methyl sites for hydroxylation is 2. The number of hydrogen-bond donors (Lipinski definition) is 2. The highest BCUT2D eigenvalue weighted by molar-refractivity contribution is 7.89. The second-order valence-corrected chi connectivity index (χ2v) is 7.81. The van der Waals surface area contributed by atoms with Crippen LogP contribution in [-0.2, 0) is 21.2 Å². The van der Waals surface area contributed by atoms with Crippen LogP contribution in [0.2, 0.25) is 5.02 Å². The third kappa shape index (κ3) is 4.75. The molecule has 2 N–H and O–H groups in total. The Kier molecular flexibility index (Phi) is 6.63. The van der Waals surface area contributed by atoms with E-state index < -0.39 is 15.9 Å². The van der Waals surface area contributed by atoms with E-state index in [-0.39, 0.29) is 16.5 Å². The molecular weight excluding hydrogens is 376 g/mol. The van der Waals surface area contributed by atoms with Gasteiger partial charge in [-0.1, -0.05) is 36.7 Å². The number of benzene rings is 2. The minimum absolute atomic E-state index is 0.0405. The van der Waals surface area contributed by atoms with E-state index in [1.165, 1.54) is 25.3 Å². The fraction of sp³-hybridized carbons (Fsp3) is 0.278. The standard InChI is InChI=1S/C18H21ClN2O4S/c1-4-13-7-5-6-12(2)18(13)21-17(22)11-20-26(23,24)14-8-9-16(25-3)15(19)10-14/h5-10,20H,4,11H2,1-3H3,(H,21,22). The van der Waals surface area contributed by atoms with Crippen LogP contribution >= 0.6 is 11.6 Å². The number of carbonyl (C=O) groups is 1. The van der Waals surface area contributed by atoms with Gasteiger partial charge in [-0.05, 0) is 42.7 Å². The van der Waals surface area contributed by atoms with Crippen LogP contribution < -0.4 is 14.8 Å². The molecule has 0 radical (unpaired) electrons. The molecule has 0 atom stereocenters. The molecule has 0 saturated heterocycles. The summed E-state index contributed by atoms with van der Waals surface area (Å²) in [6.07, 6.45) is 0.757. The van der Waals surface area contributed by atoms with Gasteiger partial charge in [-0.25, -0.2) is 13.1 Å². The molecule has 0 spiro atoms. The van der Waals surface area contributed by atoms with E-state index >= 15 is 0 Å². The Balaban J connectivity index is 2.08. The predicted octanol–water partition coefficient (Wildman–Crippen LogP) is 3.14. The van der Waals surface area contributed by atoms with Gasteiger partial charge in [0.1, 0.15) is 5.75 Å². The van der Waals surface area contributed by atoms with Crippen molar-refractivity contribution >= 4 is 33.2 Å². The number of carbonyl (C=O) groups excluding carboxylic acids is 1. The molecule has 1 amide bonds. The molecular formula is C18H21ClN2O4S. The summed E-state index contributed by atoms with van der Waals surface area (Å²) in [7, 11) is -2.43. The molecule has 2 rings (SSSR count). The van der Waals surface area contributed by atoms with Gasteiger partial charge >= 0.3 is 0 Å². The number of methoxy groups -OCH3 is 1. The number of halogens is 1. The second kappa shape index (κ2) is 8.53. The van der Waals surface area contributed by atoms with Crippen LogP contribution in [0.4, 0.5) is 5.69 Å². The van der Waals surface area contributed by atoms with Gasteiger partial charge in [-0.2, -0.15) is 0 Å². The van der Waals surface area contributed by atoms with Crippen molar-refractivity contribution in [1.29, 1.82) is 0 Å². The van der Waals surface area contributed by atoms with E-state index in [0.717, 1.165) is 17.5 Å². The van der Waals surface area contributed by atoms with Gasteiger partial charge < -0.3 is 10.1 Å². The summed E-state index contributed by atoms with van der Waals surface area (Å²) in [5.41, 5.74) is 2.62. The molecule has 140 valence electrons. The topological polar surface area (TPSA) is 84.5 Å². The maximum atomic E-state index is 12.3. The average Bonchev–Trinajstić information content (AvgIpc) is 2.61. The van der Waals surface area contributed by atoms with Crippen molar-refractivity contribution in [2.45, 2.75) is 25.2 Å². The van der Waals surface area contributed by atoms with Gasteiger partial charge in [0.05, 0.1) is 23.6 Å². The van der Waals surface area contributed by atoms with Crippen LogP contribution in [0.1, 0.15) is 18.1 Å². The zero-order valence-electron chi connectivity index (χ0n) is 14.8. The number of anilines is 1. The van der Waals surface area contributed by atoms with E-state index in [1.54, 1.807) is 0 Å². The van der Waals surface area contributed by atoms with E-state index in [0.29, 0.717) is 11.4 Å². The van der Waals surface area contributed by atoms with E-state index in [2.05, 4.69) is 10.0 Å². The lowest BCUT2D eigenvalue weighted by Crippen LogP contribution is -2.33. The van der Waals surface area contributed by atoms with Crippen LogP contribution in [0.5, 0.6) is 5.75 Å². The highest BCUT2D eigenvalue weighted by Gasteiger charge is 2.18. The lowest BCUT2D eigenvalue weighted by molar-refractivity contribution is -0.115. The quantitative estimate of drug-likeness (QED) is 0.753. The van der Waals surface area contributed by atoms with Gasteiger partial charge in [0, 0.05) is 5.69 Å². The van der Waals surface area contributed by atoms with E-state index in [1.807, 2.05) is 32.0 Å². The lowest BCUT2D eigenvalue weighted by atomic mass is 10.1. The van der Waals surface area contributed by atoms with Gasteiger partial charge in [-0.15, -0.1) is 0 Å². The molecule has 0 aliphatic rings. The lowest BCUT2D eigenvalue weighted by Gasteiger charge is -2.13. The third-order valence-corrected chi connectivity index (χ3v) is 5.55. The summed E-state index contributed by atoms with van der Waals surface area (Å²) in [5.74, 6) is -0.0767. The molecule has 0 aliphatic heterocycles. The molecule has 0 aliphatic carbocycles. The van der Waals surface area contributed by atoms with Crippen LogP contribution in [0.3, 0.4) is 0 Å². The molecule has 0 unspecified atom stereocenters. The first kappa shape index (κ1) is 20.2. The number of sulfonamides is 1. The van der Waals surface area contributed by atoms with Crippen molar-refractivity contribution in [2.24, 2.45) is 0 Å². The van der Waals surface area contributed by atoms with Crippen molar-refractivity contribution in [3.05, 3.63) is 52.5 Å². The van der Waals surface area contributed by atoms with Crippen molar-refractivity contribution < 1.29 is 17.9 Å². The Labute approximate surface area is 158 Å². The zero-order chi connectivity index (χ0) is 19.3. The first-order valence-electron chi connectivity index (χ1n) is 8.00. The molecule has 0 fully saturated rings. The number of ether oxygens (including phenoxy) is 1. The molecule has 2 aromatic rings. The molecule has 0 heterocycles. The average molecular weight is 397 g/mol. The summed E-state index contributed by atoms with van der Waals surface area (Å²) < 4.78 is 32.0. The molecule has 6 nitrogen and oxygen atoms in total. The molecule has 0 aromatic heterocycles. The Morgan fingerprint density at radius 3 is 2.58 bits per heavy atom. The zero-order valence-corrected chi connectivity index (χ0v) is 16.4. The molecule has 8 heteroatoms. The smallest absolute Gasteiger partial charge is 0.241 e. The normalized spacial score (nSPS) is 11.2. The van der Waals surface area contributed by atoms with E-state index in [4.69, 9.17) is 16.3 Å². The largest absolute Gasteiger partial charge is 0.495 e. The fourth-order valence-electron chi connectivity index (χ4n) is 2.44. The number of rotatable bonds is 7. The second-order valence-electron chi connectivity index (χ2n) is 5.63. The first-order valence-corrected chi connectivity index (χ1v) is 9.86. The summed E-state index contributed by atoms with van der Waals surface area (Å²) in [6, 6.07) is 9.82. The number of hydrogen-bond acceptors (Lipinski definition) is 4. The van der Waals surface area contributed by atoms with Crippen LogP contribution in [-0.4, -0.2) is 28.0 Å². The minimum atomic E-state index is -3.87. The fourth-order valence-corrected chi connectivity index (χ4v) is 3.77. The maximum Gasteiger partial charge on any atom is 0.241 e. The summed E-state index contributed by atoms with van der Waals surface area (Å²) >= 11 is 5.96. The predicted molar refractivity (Wildman–Crippen MR) is 102 cm³/mol. The monoisotopic (exact) mass is 396 g/mol. The SMILES string of the molecule is CCc1cccc(C)c1NC(=O)CNS(=O)(=O)c1ccc(OC)c(Cl)c1. The summed E-state index contributed by atoms with van der Waals surface area (Å²) in [4.78, 5) is 12.2. The third-order valence-electron chi connectivity index (χ3n) is 3.86. The van der Waals surface area contributed by atoms with Crippen LogP contribution in [0.25, 0.3) is 0 Å². The molecule has 26 heavy (non-hydrogen) atoms. The summed E-state index contributed by atoms with van der Waals surface area (Å²) in [5, 5.41) is 2.94. The minimum Gasteiger partial charge on any atom is -0.495 e. The van der Waals surface area contributed by atoms with Crippen LogP contribution in [0.15, 0.2) is 41.3 Å². The number of para-hydroxylation sites is 1. The van der Waals surface area contributed by atoms with Gasteiger partial charge in [-0.3, -0.25) is 4.79 Å². The van der Waals surface area contributed by atoms with Crippen LogP contribution in [0, 0.1) is 6.92 Å². The molecule has 0 saturated carbocycles. The number of nitrogens with one attached hydrogen (secondary N) is 2. The van der Waals surface area contributed by atoms with Crippen molar-refractivity contribution in [3.8, 4) is 5.75 Å². The Morgan fingerprint density at radius 2 is 1.96 bits per heavy atom. The van der Waals surface area contributed by atoms with Crippen molar-refractivity contribution in [1.82, 2.24) is 4.72 Å². The Hall–Kier alpha value is -2.09. The number of amides is 1. The van der Waals surface area contributed by atoms with E-state index in [9.17, 15) is 13.2 Å². The van der Waals surface area contributed by atoms with Gasteiger partial charge in [0.15, 0.2) is 0 Å². The summed E-state index contributed by atoms with van der Waals surface area (Å²) in [6.45, 7) is 3.49. The van der Waals surface area contributed by atoms with Crippen molar-refractivity contribution in [2.75, 3.05) is 19.0 Å². The maximum absolute atomic E-state index is 12.3. The highest BCUT2D eigenvalue weighted by atomic mass is 35.5. The first-order chi connectivity index (χ1) is 12.3. The van der Waals surface area contributed by atoms with Crippen molar-refractivity contribution in [3.63, 3.8) is 0 Å². The Bertz CT molecular complexity index is 913. The highest BCUT2D eigenvalue weighted by Crippen LogP contribution is 2.26. The van der Waals surface area contributed by atoms with Gasteiger partial charge in [0.25, 0.3) is 0 Å². The Morgan fingerprint density at radius 1 is 1.23 bits per heavy atom. The molecule has 0 bridgehead atoms. The van der Waals surface area contributed by atoms with Gasteiger partial charge in [0.2, 0.25) is 15.9 Å². The molecule has 2 aromatic carbocycles.